The van der Waals surface area contributed by atoms with Gasteiger partial charge in [-0.3, -0.25) is 4.98 Å². The van der Waals surface area contributed by atoms with E-state index in [9.17, 15) is 22.0 Å². The Morgan fingerprint density at radius 3 is 2.59 bits per heavy atom. The smallest absolute Gasteiger partial charge is 0.353 e. The van der Waals surface area contributed by atoms with Gasteiger partial charge < -0.3 is 15.5 Å². The van der Waals surface area contributed by atoms with Crippen LogP contribution in [-0.2, 0) is 0 Å². The third-order valence-electron chi connectivity index (χ3n) is 6.90. The fourth-order valence-electron chi connectivity index (χ4n) is 4.97. The average Bonchev–Trinajstić information content (AvgIpc) is 3.75. The van der Waals surface area contributed by atoms with E-state index in [4.69, 9.17) is 9.97 Å². The Hall–Kier alpha value is -3.93. The molecule has 1 aliphatic heterocycles. The number of nitrogens with zero attached hydrogens (tertiary/aromatic N) is 5. The summed E-state index contributed by atoms with van der Waals surface area (Å²) in [7, 11) is 0. The number of nitrogens with one attached hydrogen (secondary N) is 2. The Morgan fingerprint density at radius 1 is 1.05 bits per heavy atom. The highest BCUT2D eigenvalue weighted by molar-refractivity contribution is 5.94. The lowest BCUT2D eigenvalue weighted by Crippen LogP contribution is -2.52. The summed E-state index contributed by atoms with van der Waals surface area (Å²) >= 11 is 0. The summed E-state index contributed by atoms with van der Waals surface area (Å²) in [5, 5.41) is 6.43. The maximum absolute atomic E-state index is 14.2. The molecule has 1 atom stereocenters. The number of pyridine rings is 2. The zero-order valence-electron chi connectivity index (χ0n) is 20.6. The standard InChI is InChI=1S/C27H24F5N7/c28-19-2-1-3-20(29)24(19)37-22-10-16(6-7-35-22)25-36-21-13-33-12-18(15-4-5-15)23(21)26(38-25)39-9-8-34-17(14-39)11-27(30,31)32/h1-3,6-7,10,12-13,15,17,34H,4-5,8-9,11,14H2,(H,35,37). The number of piperazine rings is 1. The number of benzene rings is 1. The number of hydrogen-bond acceptors (Lipinski definition) is 7. The van der Waals surface area contributed by atoms with Crippen LogP contribution in [0, 0.1) is 11.6 Å². The predicted octanol–water partition coefficient (Wildman–Crippen LogP) is 5.72. The van der Waals surface area contributed by atoms with Gasteiger partial charge in [-0.05, 0) is 48.6 Å². The molecule has 2 N–H and O–H groups in total. The highest BCUT2D eigenvalue weighted by Crippen LogP contribution is 2.45. The molecule has 6 rings (SSSR count). The Kier molecular flexibility index (Phi) is 6.49. The third-order valence-corrected chi connectivity index (χ3v) is 6.90. The summed E-state index contributed by atoms with van der Waals surface area (Å²) < 4.78 is 67.9. The van der Waals surface area contributed by atoms with Gasteiger partial charge in [0.1, 0.15) is 29.0 Å². The third kappa shape index (κ3) is 5.47. The lowest BCUT2D eigenvalue weighted by Gasteiger charge is -2.35. The van der Waals surface area contributed by atoms with E-state index in [1.807, 2.05) is 4.90 Å². The molecule has 1 aliphatic carbocycles. The van der Waals surface area contributed by atoms with Crippen LogP contribution < -0.4 is 15.5 Å². The molecule has 1 aromatic carbocycles. The lowest BCUT2D eigenvalue weighted by atomic mass is 10.1. The summed E-state index contributed by atoms with van der Waals surface area (Å²) in [4.78, 5) is 20.0. The van der Waals surface area contributed by atoms with Crippen molar-refractivity contribution in [1.29, 1.82) is 0 Å². The molecule has 1 saturated carbocycles. The molecule has 1 unspecified atom stereocenters. The quantitative estimate of drug-likeness (QED) is 0.303. The second-order valence-corrected chi connectivity index (χ2v) is 9.84. The highest BCUT2D eigenvalue weighted by atomic mass is 19.4. The van der Waals surface area contributed by atoms with Gasteiger partial charge in [0.2, 0.25) is 0 Å². The number of aromatic nitrogens is 4. The average molecular weight is 542 g/mol. The molecule has 202 valence electrons. The molecular formula is C27H24F5N7. The summed E-state index contributed by atoms with van der Waals surface area (Å²) in [6, 6.07) is 6.00. The second-order valence-electron chi connectivity index (χ2n) is 9.84. The number of para-hydroxylation sites is 1. The van der Waals surface area contributed by atoms with Crippen LogP contribution in [0.2, 0.25) is 0 Å². The number of rotatable bonds is 6. The maximum Gasteiger partial charge on any atom is 0.390 e. The molecule has 0 spiro atoms. The van der Waals surface area contributed by atoms with Crippen molar-refractivity contribution in [2.45, 2.75) is 37.4 Å². The second kappa shape index (κ2) is 9.99. The van der Waals surface area contributed by atoms with Crippen molar-refractivity contribution in [1.82, 2.24) is 25.3 Å². The Labute approximate surface area is 220 Å². The zero-order valence-corrected chi connectivity index (χ0v) is 20.6. The van der Waals surface area contributed by atoms with E-state index in [1.54, 1.807) is 24.5 Å². The molecule has 4 aromatic rings. The first-order valence-corrected chi connectivity index (χ1v) is 12.6. The molecule has 1 saturated heterocycles. The van der Waals surface area contributed by atoms with Crippen LogP contribution in [0.25, 0.3) is 22.3 Å². The van der Waals surface area contributed by atoms with Gasteiger partial charge in [-0.2, -0.15) is 13.2 Å². The van der Waals surface area contributed by atoms with E-state index >= 15 is 0 Å². The van der Waals surface area contributed by atoms with Crippen molar-refractivity contribution in [2.24, 2.45) is 0 Å². The minimum atomic E-state index is -4.29. The number of fused-ring (bicyclic) bond motifs is 1. The van der Waals surface area contributed by atoms with Gasteiger partial charge in [-0.25, -0.2) is 23.7 Å². The maximum atomic E-state index is 14.2. The molecule has 7 nitrogen and oxygen atoms in total. The van der Waals surface area contributed by atoms with Crippen molar-refractivity contribution in [3.05, 3.63) is 66.1 Å². The van der Waals surface area contributed by atoms with Crippen LogP contribution in [0.1, 0.15) is 30.7 Å². The highest BCUT2D eigenvalue weighted by Gasteiger charge is 2.35. The van der Waals surface area contributed by atoms with E-state index in [0.717, 1.165) is 35.9 Å². The Morgan fingerprint density at radius 2 is 1.85 bits per heavy atom. The van der Waals surface area contributed by atoms with Crippen molar-refractivity contribution < 1.29 is 22.0 Å². The molecule has 0 amide bonds. The topological polar surface area (TPSA) is 78.9 Å². The zero-order chi connectivity index (χ0) is 27.1. The monoisotopic (exact) mass is 541 g/mol. The molecule has 3 aromatic heterocycles. The molecular weight excluding hydrogens is 517 g/mol. The number of anilines is 3. The Balaban J connectivity index is 1.41. The molecule has 39 heavy (non-hydrogen) atoms. The van der Waals surface area contributed by atoms with Gasteiger partial charge in [0.15, 0.2) is 5.82 Å². The summed E-state index contributed by atoms with van der Waals surface area (Å²) in [5.41, 5.74) is 1.76. The van der Waals surface area contributed by atoms with Crippen molar-refractivity contribution in [3.8, 4) is 11.4 Å². The van der Waals surface area contributed by atoms with Crippen LogP contribution in [0.4, 0.5) is 39.3 Å². The lowest BCUT2D eigenvalue weighted by molar-refractivity contribution is -0.139. The van der Waals surface area contributed by atoms with E-state index in [2.05, 4.69) is 20.6 Å². The first-order chi connectivity index (χ1) is 18.7. The van der Waals surface area contributed by atoms with Crippen LogP contribution in [0.3, 0.4) is 0 Å². The predicted molar refractivity (Wildman–Crippen MR) is 137 cm³/mol. The number of halogens is 5. The largest absolute Gasteiger partial charge is 0.390 e. The molecule has 4 heterocycles. The van der Waals surface area contributed by atoms with Crippen LogP contribution in [0.5, 0.6) is 0 Å². The van der Waals surface area contributed by atoms with E-state index in [-0.39, 0.29) is 18.1 Å². The van der Waals surface area contributed by atoms with Crippen LogP contribution >= 0.6 is 0 Å². The van der Waals surface area contributed by atoms with Crippen molar-refractivity contribution in [2.75, 3.05) is 29.9 Å². The van der Waals surface area contributed by atoms with Gasteiger partial charge >= 0.3 is 6.18 Å². The molecule has 2 aliphatic rings. The molecule has 2 fully saturated rings. The number of hydrogen-bond donors (Lipinski definition) is 2. The fourth-order valence-corrected chi connectivity index (χ4v) is 4.97. The SMILES string of the molecule is Fc1cccc(F)c1Nc1cc(-c2nc(N3CCNC(CC(F)(F)F)C3)c3c(C4CC4)cncc3n2)ccn1. The van der Waals surface area contributed by atoms with E-state index < -0.39 is 30.3 Å². The summed E-state index contributed by atoms with van der Waals surface area (Å²) in [5.74, 6) is -0.179. The molecule has 0 radical (unpaired) electrons. The molecule has 12 heteroatoms. The first kappa shape index (κ1) is 25.4. The van der Waals surface area contributed by atoms with Crippen LogP contribution in [0.15, 0.2) is 48.9 Å². The first-order valence-electron chi connectivity index (χ1n) is 12.6. The summed E-state index contributed by atoms with van der Waals surface area (Å²) in [6.07, 6.45) is 1.66. The van der Waals surface area contributed by atoms with E-state index in [1.165, 1.54) is 12.3 Å². The van der Waals surface area contributed by atoms with Gasteiger partial charge in [0.05, 0.1) is 18.1 Å². The van der Waals surface area contributed by atoms with Crippen molar-refractivity contribution >= 4 is 28.2 Å². The van der Waals surface area contributed by atoms with Gasteiger partial charge in [0.25, 0.3) is 0 Å². The van der Waals surface area contributed by atoms with Gasteiger partial charge in [-0.1, -0.05) is 6.07 Å². The normalized spacial score (nSPS) is 18.0. The number of alkyl halides is 3. The van der Waals surface area contributed by atoms with Gasteiger partial charge in [0, 0.05) is 49.0 Å². The van der Waals surface area contributed by atoms with Gasteiger partial charge in [-0.15, -0.1) is 0 Å². The minimum absolute atomic E-state index is 0.132. The Bertz CT molecular complexity index is 1500. The van der Waals surface area contributed by atoms with Crippen LogP contribution in [-0.4, -0.2) is 51.8 Å². The summed E-state index contributed by atoms with van der Waals surface area (Å²) in [6.45, 7) is 0.984. The fraction of sp³-hybridized carbons (Fsp3) is 0.333. The molecule has 0 bridgehead atoms. The van der Waals surface area contributed by atoms with E-state index in [0.29, 0.717) is 41.7 Å². The van der Waals surface area contributed by atoms with Crippen molar-refractivity contribution in [3.63, 3.8) is 0 Å². The minimum Gasteiger partial charge on any atom is -0.353 e.